The Hall–Kier alpha value is -3.58. The Morgan fingerprint density at radius 3 is 2.74 bits per heavy atom. The summed E-state index contributed by atoms with van der Waals surface area (Å²) in [6, 6.07) is 9.19. The largest absolute Gasteiger partial charge is 0.455 e. The van der Waals surface area contributed by atoms with Gasteiger partial charge in [0.1, 0.15) is 18.1 Å². The number of nitrogens with one attached hydrogen (secondary N) is 1. The highest BCUT2D eigenvalue weighted by atomic mass is 16.3. The topological polar surface area (TPSA) is 124 Å². The van der Waals surface area contributed by atoms with Crippen molar-refractivity contribution >= 4 is 23.8 Å². The van der Waals surface area contributed by atoms with E-state index in [1.165, 1.54) is 6.07 Å². The van der Waals surface area contributed by atoms with Crippen LogP contribution in [0.3, 0.4) is 0 Å². The number of azide groups is 1. The minimum Gasteiger partial charge on any atom is -0.455 e. The Morgan fingerprint density at radius 1 is 1.30 bits per heavy atom. The van der Waals surface area contributed by atoms with Crippen LogP contribution in [0.25, 0.3) is 21.8 Å². The number of hydrogen-bond donors (Lipinski definition) is 1. The van der Waals surface area contributed by atoms with Gasteiger partial charge in [-0.1, -0.05) is 29.4 Å². The van der Waals surface area contributed by atoms with Crippen molar-refractivity contribution in [3.63, 3.8) is 0 Å². The lowest BCUT2D eigenvalue weighted by Crippen LogP contribution is -2.24. The van der Waals surface area contributed by atoms with Crippen molar-refractivity contribution < 1.29 is 15.4 Å². The Morgan fingerprint density at radius 2 is 2.09 bits per heavy atom. The number of rotatable bonds is 4. The Kier molecular flexibility index (Phi) is 3.44. The maximum Gasteiger partial charge on any atom is 0.344 e. The lowest BCUT2D eigenvalue weighted by atomic mass is 10.1. The molecule has 2 heterocycles. The highest BCUT2D eigenvalue weighted by molar-refractivity contribution is 6.02. The third-order valence-corrected chi connectivity index (χ3v) is 2.97. The molecule has 1 aromatic carbocycles. The van der Waals surface area contributed by atoms with Crippen LogP contribution in [0.5, 0.6) is 0 Å². The van der Waals surface area contributed by atoms with E-state index in [4.69, 9.17) is 11.3 Å². The van der Waals surface area contributed by atoms with E-state index in [1.54, 1.807) is 30.3 Å². The molecule has 9 heteroatoms. The van der Waals surface area contributed by atoms with Gasteiger partial charge in [0.05, 0.1) is 7.56 Å². The summed E-state index contributed by atoms with van der Waals surface area (Å²) in [6.45, 7) is -0.227. The van der Waals surface area contributed by atoms with Gasteiger partial charge < -0.3 is 4.42 Å². The van der Waals surface area contributed by atoms with Crippen LogP contribution in [0.2, 0.25) is 0 Å². The van der Waals surface area contributed by atoms with E-state index < -0.39 is 11.9 Å². The quantitative estimate of drug-likeness (QED) is 0.307. The third-order valence-electron chi connectivity index (χ3n) is 2.97. The molecule has 3 rings (SSSR count). The van der Waals surface area contributed by atoms with Crippen molar-refractivity contribution in [1.82, 2.24) is 10.3 Å². The number of hydrogen-bond acceptors (Lipinski definition) is 5. The lowest BCUT2D eigenvalue weighted by molar-refractivity contribution is -0.118. The molecule has 23 heavy (non-hydrogen) atoms. The molecule has 114 valence electrons. The van der Waals surface area contributed by atoms with E-state index in [-0.39, 0.29) is 18.5 Å². The Labute approximate surface area is 131 Å². The molecule has 0 aliphatic carbocycles. The normalized spacial score (nSPS) is 15.2. The zero-order valence-electron chi connectivity index (χ0n) is 12.6. The number of imide groups is 1. The van der Waals surface area contributed by atoms with Crippen molar-refractivity contribution in [2.75, 3.05) is 6.54 Å². The number of furan rings is 1. The van der Waals surface area contributed by atoms with Gasteiger partial charge in [0.15, 0.2) is 0 Å². The van der Waals surface area contributed by atoms with E-state index in [0.29, 0.717) is 11.4 Å². The van der Waals surface area contributed by atoms with Gasteiger partial charge in [-0.15, -0.1) is 0 Å². The van der Waals surface area contributed by atoms with E-state index in [1.807, 2.05) is 0 Å². The number of urea groups is 1. The SMILES string of the molecule is [3H]/C(=N\N1CC(=O)NC1=O)c1ccc(-c2ccc(N=[N+]=[N-])cc2)o1. The molecular weight excluding hydrogens is 300 g/mol. The first kappa shape index (κ1) is 13.1. The molecule has 1 aliphatic rings. The molecule has 0 bridgehead atoms. The molecule has 0 spiro atoms. The summed E-state index contributed by atoms with van der Waals surface area (Å²) < 4.78 is 13.4. The van der Waals surface area contributed by atoms with Crippen LogP contribution in [-0.2, 0) is 4.79 Å². The number of amides is 3. The minimum absolute atomic E-state index is 0.149. The van der Waals surface area contributed by atoms with E-state index in [2.05, 4.69) is 20.4 Å². The van der Waals surface area contributed by atoms with Crippen molar-refractivity contribution in [3.8, 4) is 11.3 Å². The average Bonchev–Trinajstić information content (AvgIpc) is 3.16. The van der Waals surface area contributed by atoms with Gasteiger partial charge in [0.2, 0.25) is 5.91 Å². The first-order valence-corrected chi connectivity index (χ1v) is 6.49. The molecule has 1 aliphatic heterocycles. The molecule has 0 atom stereocenters. The summed E-state index contributed by atoms with van der Waals surface area (Å²) in [7, 11) is 0. The predicted molar refractivity (Wildman–Crippen MR) is 80.8 cm³/mol. The fourth-order valence-electron chi connectivity index (χ4n) is 1.92. The van der Waals surface area contributed by atoms with Crippen LogP contribution in [0.1, 0.15) is 7.13 Å². The number of carbonyl (C=O) groups is 2. The van der Waals surface area contributed by atoms with Crippen LogP contribution >= 0.6 is 0 Å². The van der Waals surface area contributed by atoms with Gasteiger partial charge in [-0.3, -0.25) is 10.1 Å². The second-order valence-electron chi connectivity index (χ2n) is 4.52. The Balaban J connectivity index is 1.81. The standard InChI is InChI=1S/C14H10N6O3/c15-19-18-10-3-1-9(2-4-10)12-6-5-11(23-12)7-16-20-8-13(21)17-14(20)22/h1-7H,8H2,(H,17,21,22)/b16-7+/i7T. The summed E-state index contributed by atoms with van der Waals surface area (Å²) in [4.78, 5) is 25.2. The lowest BCUT2D eigenvalue weighted by Gasteiger charge is -2.02. The number of nitrogens with zero attached hydrogens (tertiary/aromatic N) is 5. The molecule has 1 N–H and O–H groups in total. The van der Waals surface area contributed by atoms with E-state index >= 15 is 0 Å². The second kappa shape index (κ2) is 6.04. The summed E-state index contributed by atoms with van der Waals surface area (Å²) in [6.07, 6.45) is -0.281. The predicted octanol–water partition coefficient (Wildman–Crippen LogP) is 2.77. The van der Waals surface area contributed by atoms with E-state index in [9.17, 15) is 9.59 Å². The number of benzene rings is 1. The zero-order chi connectivity index (χ0) is 17.1. The summed E-state index contributed by atoms with van der Waals surface area (Å²) in [5.41, 5.74) is 9.57. The van der Waals surface area contributed by atoms with Crippen LogP contribution in [0.15, 0.2) is 51.0 Å². The molecule has 1 fully saturated rings. The molecule has 3 amide bonds. The summed E-state index contributed by atoms with van der Waals surface area (Å²) in [5, 5.41) is 10.2. The van der Waals surface area contributed by atoms with Gasteiger partial charge in [0.25, 0.3) is 0 Å². The third kappa shape index (κ3) is 3.20. The van der Waals surface area contributed by atoms with Crippen molar-refractivity contribution in [1.29, 1.82) is 0 Å². The van der Waals surface area contributed by atoms with Crippen LogP contribution in [0, 0.1) is 0 Å². The molecule has 9 nitrogen and oxygen atoms in total. The van der Waals surface area contributed by atoms with Crippen molar-refractivity contribution in [3.05, 3.63) is 52.6 Å². The molecular formula is C14H10N6O3. The van der Waals surface area contributed by atoms with Gasteiger partial charge >= 0.3 is 6.03 Å². The van der Waals surface area contributed by atoms with Crippen molar-refractivity contribution in [2.24, 2.45) is 10.2 Å². The average molecular weight is 312 g/mol. The maximum absolute atomic E-state index is 11.4. The summed E-state index contributed by atoms with van der Waals surface area (Å²) in [5.74, 6) is 0.160. The van der Waals surface area contributed by atoms with Crippen LogP contribution < -0.4 is 5.32 Å². The fraction of sp³-hybridized carbons (Fsp3) is 0.0714. The van der Waals surface area contributed by atoms with Crippen LogP contribution in [-0.4, -0.2) is 29.7 Å². The molecule has 0 unspecified atom stereocenters. The smallest absolute Gasteiger partial charge is 0.344 e. The van der Waals surface area contributed by atoms with Crippen LogP contribution in [0.4, 0.5) is 10.5 Å². The first-order chi connectivity index (χ1) is 11.6. The molecule has 2 aromatic rings. The number of hydrazone groups is 1. The van der Waals surface area contributed by atoms with Gasteiger partial charge in [-0.2, -0.15) is 5.10 Å². The van der Waals surface area contributed by atoms with Gasteiger partial charge in [-0.25, -0.2) is 9.80 Å². The molecule has 0 saturated carbocycles. The summed E-state index contributed by atoms with van der Waals surface area (Å²) >= 11 is 0. The minimum atomic E-state index is -0.676. The molecule has 0 radical (unpaired) electrons. The molecule has 1 saturated heterocycles. The van der Waals surface area contributed by atoms with Gasteiger partial charge in [0, 0.05) is 16.2 Å². The molecule has 1 aromatic heterocycles. The number of carbonyl (C=O) groups excluding carboxylic acids is 2. The first-order valence-electron chi connectivity index (χ1n) is 6.99. The highest BCUT2D eigenvalue weighted by Crippen LogP contribution is 2.24. The monoisotopic (exact) mass is 312 g/mol. The van der Waals surface area contributed by atoms with Crippen molar-refractivity contribution in [2.45, 2.75) is 0 Å². The van der Waals surface area contributed by atoms with Gasteiger partial charge in [-0.05, 0) is 17.7 Å². The maximum atomic E-state index is 11.4. The zero-order valence-corrected chi connectivity index (χ0v) is 11.6. The highest BCUT2D eigenvalue weighted by Gasteiger charge is 2.25. The van der Waals surface area contributed by atoms with E-state index in [0.717, 1.165) is 10.6 Å². The fourth-order valence-corrected chi connectivity index (χ4v) is 1.92. The second-order valence-corrected chi connectivity index (χ2v) is 4.52. The Bertz CT molecular complexity index is 882.